The number of hydrazine groups is 1. The third-order valence-electron chi connectivity index (χ3n) is 3.82. The fourth-order valence-corrected chi connectivity index (χ4v) is 3.02. The first-order chi connectivity index (χ1) is 9.69. The zero-order chi connectivity index (χ0) is 14.4. The molecule has 0 bridgehead atoms. The van der Waals surface area contributed by atoms with Gasteiger partial charge >= 0.3 is 0 Å². The van der Waals surface area contributed by atoms with E-state index < -0.39 is 0 Å². The number of hydrogen-bond acceptors (Lipinski definition) is 3. The van der Waals surface area contributed by atoms with Crippen LogP contribution in [0.4, 0.5) is 0 Å². The third-order valence-corrected chi connectivity index (χ3v) is 4.42. The molecule has 0 radical (unpaired) electrons. The second-order valence-electron chi connectivity index (χ2n) is 5.37. The van der Waals surface area contributed by atoms with E-state index in [0.29, 0.717) is 11.1 Å². The summed E-state index contributed by atoms with van der Waals surface area (Å²) >= 11 is 12.2. The summed E-state index contributed by atoms with van der Waals surface area (Å²) in [5.41, 5.74) is 3.91. The molecule has 0 spiro atoms. The molecule has 0 aliphatic carbocycles. The molecule has 1 saturated heterocycles. The van der Waals surface area contributed by atoms with Crippen molar-refractivity contribution in [3.8, 4) is 0 Å². The van der Waals surface area contributed by atoms with Gasteiger partial charge in [-0.15, -0.1) is 0 Å². The van der Waals surface area contributed by atoms with Gasteiger partial charge in [-0.3, -0.25) is 11.3 Å². The lowest BCUT2D eigenvalue weighted by atomic mass is 9.98. The molecule has 1 aliphatic rings. The molecule has 5 heteroatoms. The van der Waals surface area contributed by atoms with Crippen LogP contribution in [0.25, 0.3) is 0 Å². The van der Waals surface area contributed by atoms with Gasteiger partial charge in [-0.2, -0.15) is 0 Å². The Bertz CT molecular complexity index is 422. The largest absolute Gasteiger partial charge is 0.378 e. The van der Waals surface area contributed by atoms with Crippen LogP contribution in [-0.2, 0) is 11.2 Å². The summed E-state index contributed by atoms with van der Waals surface area (Å²) in [5.74, 6) is 5.66. The zero-order valence-corrected chi connectivity index (χ0v) is 13.1. The fraction of sp³-hybridized carbons (Fsp3) is 0.600. The van der Waals surface area contributed by atoms with E-state index >= 15 is 0 Å². The summed E-state index contributed by atoms with van der Waals surface area (Å²) in [7, 11) is 0. The molecule has 1 heterocycles. The lowest BCUT2D eigenvalue weighted by molar-refractivity contribution is 0.00858. The van der Waals surface area contributed by atoms with Crippen LogP contribution < -0.4 is 11.3 Å². The third kappa shape index (κ3) is 4.90. The Morgan fingerprint density at radius 2 is 2.20 bits per heavy atom. The zero-order valence-electron chi connectivity index (χ0n) is 11.6. The van der Waals surface area contributed by atoms with Crippen LogP contribution in [0.15, 0.2) is 18.2 Å². The maximum atomic E-state index is 6.19. The van der Waals surface area contributed by atoms with Crippen molar-refractivity contribution < 1.29 is 4.74 Å². The molecule has 20 heavy (non-hydrogen) atoms. The first-order valence-corrected chi connectivity index (χ1v) is 7.96. The lowest BCUT2D eigenvalue weighted by Gasteiger charge is -2.25. The highest BCUT2D eigenvalue weighted by molar-refractivity contribution is 6.33. The second kappa shape index (κ2) is 8.20. The molecule has 2 unspecified atom stereocenters. The Labute approximate surface area is 130 Å². The van der Waals surface area contributed by atoms with Crippen LogP contribution in [0.5, 0.6) is 0 Å². The summed E-state index contributed by atoms with van der Waals surface area (Å²) in [6, 6.07) is 5.73. The van der Waals surface area contributed by atoms with E-state index in [-0.39, 0.29) is 6.04 Å². The van der Waals surface area contributed by atoms with Crippen LogP contribution in [-0.4, -0.2) is 18.8 Å². The molecule has 2 atom stereocenters. The minimum absolute atomic E-state index is 0.191. The number of nitrogens with one attached hydrogen (secondary N) is 1. The van der Waals surface area contributed by atoms with E-state index in [2.05, 4.69) is 5.43 Å². The molecule has 0 aromatic heterocycles. The van der Waals surface area contributed by atoms with E-state index in [0.717, 1.165) is 42.9 Å². The average molecular weight is 317 g/mol. The van der Waals surface area contributed by atoms with E-state index in [1.807, 2.05) is 12.1 Å². The van der Waals surface area contributed by atoms with Gasteiger partial charge in [-0.05, 0) is 62.3 Å². The average Bonchev–Trinajstić information content (AvgIpc) is 2.48. The topological polar surface area (TPSA) is 47.3 Å². The quantitative estimate of drug-likeness (QED) is 0.621. The maximum Gasteiger partial charge on any atom is 0.0575 e. The molecular formula is C15H22Cl2N2O. The van der Waals surface area contributed by atoms with Crippen molar-refractivity contribution in [1.82, 2.24) is 5.43 Å². The Morgan fingerprint density at radius 3 is 2.90 bits per heavy atom. The van der Waals surface area contributed by atoms with Gasteiger partial charge in [0.2, 0.25) is 0 Å². The summed E-state index contributed by atoms with van der Waals surface area (Å²) in [5, 5.41) is 1.44. The monoisotopic (exact) mass is 316 g/mol. The standard InChI is InChI=1S/C15H22Cl2N2O/c16-12-4-7-15(17)11(9-12)10-13(19-18)5-6-14-3-1-2-8-20-14/h4,7,9,13-14,19H,1-3,5-6,8,10,18H2. The summed E-state index contributed by atoms with van der Waals surface area (Å²) in [6.07, 6.45) is 6.79. The summed E-state index contributed by atoms with van der Waals surface area (Å²) < 4.78 is 5.75. The molecule has 2 rings (SSSR count). The van der Waals surface area contributed by atoms with Crippen LogP contribution >= 0.6 is 23.2 Å². The van der Waals surface area contributed by atoms with Gasteiger partial charge in [-0.1, -0.05) is 23.2 Å². The Kier molecular flexibility index (Phi) is 6.59. The Balaban J connectivity index is 1.86. The van der Waals surface area contributed by atoms with Crippen molar-refractivity contribution in [2.45, 2.75) is 50.7 Å². The lowest BCUT2D eigenvalue weighted by Crippen LogP contribution is -2.37. The van der Waals surface area contributed by atoms with Crippen LogP contribution in [0.1, 0.15) is 37.7 Å². The molecule has 3 N–H and O–H groups in total. The van der Waals surface area contributed by atoms with Crippen molar-refractivity contribution in [2.75, 3.05) is 6.61 Å². The first-order valence-electron chi connectivity index (χ1n) is 7.20. The van der Waals surface area contributed by atoms with Gasteiger partial charge in [-0.25, -0.2) is 0 Å². The number of rotatable bonds is 6. The van der Waals surface area contributed by atoms with Crippen LogP contribution in [0.3, 0.4) is 0 Å². The predicted octanol–water partition coefficient (Wildman–Crippen LogP) is 3.72. The highest BCUT2D eigenvalue weighted by Gasteiger charge is 2.17. The molecule has 0 amide bonds. The molecule has 3 nitrogen and oxygen atoms in total. The van der Waals surface area contributed by atoms with Crippen molar-refractivity contribution >= 4 is 23.2 Å². The molecule has 1 aliphatic heterocycles. The first kappa shape index (κ1) is 16.1. The number of nitrogens with two attached hydrogens (primary N) is 1. The minimum Gasteiger partial charge on any atom is -0.378 e. The van der Waals surface area contributed by atoms with Gasteiger partial charge < -0.3 is 4.74 Å². The molecule has 1 aromatic rings. The fourth-order valence-electron chi connectivity index (χ4n) is 2.63. The summed E-state index contributed by atoms with van der Waals surface area (Å²) in [6.45, 7) is 0.894. The molecule has 0 saturated carbocycles. The van der Waals surface area contributed by atoms with Crippen molar-refractivity contribution in [3.63, 3.8) is 0 Å². The van der Waals surface area contributed by atoms with E-state index in [1.54, 1.807) is 6.07 Å². The predicted molar refractivity (Wildman–Crippen MR) is 84.1 cm³/mol. The van der Waals surface area contributed by atoms with E-state index in [4.69, 9.17) is 33.8 Å². The second-order valence-corrected chi connectivity index (χ2v) is 6.21. The van der Waals surface area contributed by atoms with Crippen molar-refractivity contribution in [3.05, 3.63) is 33.8 Å². The molecule has 1 fully saturated rings. The maximum absolute atomic E-state index is 6.19. The number of hydrogen-bond donors (Lipinski definition) is 2. The Morgan fingerprint density at radius 1 is 1.35 bits per heavy atom. The van der Waals surface area contributed by atoms with Crippen molar-refractivity contribution in [2.24, 2.45) is 5.84 Å². The molecule has 1 aromatic carbocycles. The van der Waals surface area contributed by atoms with Gasteiger partial charge in [0.05, 0.1) is 6.10 Å². The molecule has 112 valence electrons. The normalized spacial score (nSPS) is 20.9. The highest BCUT2D eigenvalue weighted by atomic mass is 35.5. The van der Waals surface area contributed by atoms with Gasteiger partial charge in [0, 0.05) is 22.7 Å². The smallest absolute Gasteiger partial charge is 0.0575 e. The SMILES string of the molecule is NNC(CCC1CCCCO1)Cc1cc(Cl)ccc1Cl. The van der Waals surface area contributed by atoms with Gasteiger partial charge in [0.1, 0.15) is 0 Å². The highest BCUT2D eigenvalue weighted by Crippen LogP contribution is 2.24. The van der Waals surface area contributed by atoms with E-state index in [9.17, 15) is 0 Å². The number of halogens is 2. The minimum atomic E-state index is 0.191. The summed E-state index contributed by atoms with van der Waals surface area (Å²) in [4.78, 5) is 0. The van der Waals surface area contributed by atoms with Gasteiger partial charge in [0.15, 0.2) is 0 Å². The van der Waals surface area contributed by atoms with Crippen LogP contribution in [0.2, 0.25) is 10.0 Å². The Hall–Kier alpha value is -0.320. The van der Waals surface area contributed by atoms with E-state index in [1.165, 1.54) is 12.8 Å². The number of ether oxygens (including phenoxy) is 1. The van der Waals surface area contributed by atoms with Crippen LogP contribution in [0, 0.1) is 0 Å². The number of benzene rings is 1. The van der Waals surface area contributed by atoms with Crippen molar-refractivity contribution in [1.29, 1.82) is 0 Å². The van der Waals surface area contributed by atoms with Gasteiger partial charge in [0.25, 0.3) is 0 Å². The molecular weight excluding hydrogens is 295 g/mol.